The number of hydrazone groups is 1. The van der Waals surface area contributed by atoms with Crippen molar-refractivity contribution >= 4 is 18.0 Å². The molecule has 2 N–H and O–H groups in total. The number of hydrogen-bond donors (Lipinski definition) is 2. The van der Waals surface area contributed by atoms with Crippen molar-refractivity contribution in [3.8, 4) is 5.75 Å². The van der Waals surface area contributed by atoms with E-state index in [1.165, 1.54) is 6.21 Å². The van der Waals surface area contributed by atoms with Crippen molar-refractivity contribution in [1.82, 2.24) is 10.7 Å². The third-order valence-corrected chi connectivity index (χ3v) is 2.39. The highest BCUT2D eigenvalue weighted by molar-refractivity contribution is 6.35. The summed E-state index contributed by atoms with van der Waals surface area (Å²) >= 11 is 0. The van der Waals surface area contributed by atoms with Gasteiger partial charge in [0, 0.05) is 12.1 Å². The van der Waals surface area contributed by atoms with Gasteiger partial charge in [-0.25, -0.2) is 5.43 Å². The first-order valence-electron chi connectivity index (χ1n) is 6.28. The molecule has 0 bridgehead atoms. The second-order valence-corrected chi connectivity index (χ2v) is 4.54. The van der Waals surface area contributed by atoms with Gasteiger partial charge in [0.15, 0.2) is 0 Å². The molecule has 0 spiro atoms. The van der Waals surface area contributed by atoms with Gasteiger partial charge >= 0.3 is 11.8 Å². The van der Waals surface area contributed by atoms with Gasteiger partial charge in [-0.05, 0) is 18.1 Å². The predicted octanol–water partition coefficient (Wildman–Crippen LogP) is 0.917. The molecule has 0 radical (unpaired) electrons. The fourth-order valence-corrected chi connectivity index (χ4v) is 1.36. The minimum absolute atomic E-state index is 0.281. The molecule has 0 unspecified atom stereocenters. The lowest BCUT2D eigenvalue weighted by molar-refractivity contribution is -0.139. The third kappa shape index (κ3) is 5.09. The first kappa shape index (κ1) is 15.7. The van der Waals surface area contributed by atoms with Crippen molar-refractivity contribution in [1.29, 1.82) is 0 Å². The number of carbonyl (C=O) groups is 2. The summed E-state index contributed by atoms with van der Waals surface area (Å²) in [7, 11) is 1.55. The van der Waals surface area contributed by atoms with Crippen molar-refractivity contribution in [2.24, 2.45) is 11.0 Å². The average Bonchev–Trinajstić information content (AvgIpc) is 2.45. The number of nitrogens with zero attached hydrogens (tertiary/aromatic N) is 1. The summed E-state index contributed by atoms with van der Waals surface area (Å²) in [6.45, 7) is 4.33. The molecule has 0 atom stereocenters. The quantitative estimate of drug-likeness (QED) is 0.477. The highest BCUT2D eigenvalue weighted by Gasteiger charge is 2.12. The van der Waals surface area contributed by atoms with Crippen molar-refractivity contribution in [2.45, 2.75) is 13.8 Å². The lowest BCUT2D eigenvalue weighted by atomic mass is 10.2. The van der Waals surface area contributed by atoms with Crippen LogP contribution in [0, 0.1) is 5.92 Å². The lowest BCUT2D eigenvalue weighted by Gasteiger charge is -2.06. The van der Waals surface area contributed by atoms with Crippen LogP contribution in [-0.4, -0.2) is 31.7 Å². The molecule has 2 amide bonds. The average molecular weight is 277 g/mol. The number of para-hydroxylation sites is 1. The van der Waals surface area contributed by atoms with E-state index in [1.54, 1.807) is 19.2 Å². The summed E-state index contributed by atoms with van der Waals surface area (Å²) in [6.07, 6.45) is 1.42. The minimum Gasteiger partial charge on any atom is -0.496 e. The molecule has 0 heterocycles. The van der Waals surface area contributed by atoms with Gasteiger partial charge in [-0.1, -0.05) is 26.0 Å². The highest BCUT2D eigenvalue weighted by atomic mass is 16.5. The Kier molecular flexibility index (Phi) is 6.22. The summed E-state index contributed by atoms with van der Waals surface area (Å²) in [6, 6.07) is 7.21. The molecule has 1 aromatic rings. The molecule has 0 aliphatic rings. The van der Waals surface area contributed by atoms with Crippen LogP contribution in [0.1, 0.15) is 19.4 Å². The van der Waals surface area contributed by atoms with Gasteiger partial charge < -0.3 is 10.1 Å². The Hall–Kier alpha value is -2.37. The molecule has 20 heavy (non-hydrogen) atoms. The Labute approximate surface area is 118 Å². The molecule has 0 aromatic heterocycles. The Morgan fingerprint density at radius 3 is 2.65 bits per heavy atom. The number of rotatable bonds is 5. The second-order valence-electron chi connectivity index (χ2n) is 4.54. The van der Waals surface area contributed by atoms with E-state index in [0.29, 0.717) is 17.9 Å². The van der Waals surface area contributed by atoms with Crippen LogP contribution in [0.5, 0.6) is 5.75 Å². The van der Waals surface area contributed by atoms with E-state index in [2.05, 4.69) is 15.8 Å². The normalized spacial score (nSPS) is 10.6. The summed E-state index contributed by atoms with van der Waals surface area (Å²) in [5.74, 6) is -0.578. The summed E-state index contributed by atoms with van der Waals surface area (Å²) in [5.41, 5.74) is 2.88. The molecule has 1 rings (SSSR count). The first-order chi connectivity index (χ1) is 9.54. The molecule has 0 aliphatic heterocycles. The summed E-state index contributed by atoms with van der Waals surface area (Å²) < 4.78 is 5.13. The molecule has 1 aromatic carbocycles. The lowest BCUT2D eigenvalue weighted by Crippen LogP contribution is -2.39. The first-order valence-corrected chi connectivity index (χ1v) is 6.28. The standard InChI is InChI=1S/C14H19N3O3/c1-10(2)8-15-13(18)14(19)17-16-9-11-6-4-5-7-12(11)20-3/h4-7,9-10H,8H2,1-3H3,(H,15,18)(H,17,19)/b16-9-. The van der Waals surface area contributed by atoms with Gasteiger partial charge in [-0.15, -0.1) is 0 Å². The highest BCUT2D eigenvalue weighted by Crippen LogP contribution is 2.14. The number of carbonyl (C=O) groups excluding carboxylic acids is 2. The molecular formula is C14H19N3O3. The minimum atomic E-state index is -0.795. The smallest absolute Gasteiger partial charge is 0.329 e. The Morgan fingerprint density at radius 2 is 2.00 bits per heavy atom. The molecule has 0 aliphatic carbocycles. The zero-order chi connectivity index (χ0) is 15.0. The van der Waals surface area contributed by atoms with Crippen LogP contribution in [0.3, 0.4) is 0 Å². The number of methoxy groups -OCH3 is 1. The van der Waals surface area contributed by atoms with Gasteiger partial charge in [0.2, 0.25) is 0 Å². The SMILES string of the molecule is COc1ccccc1/C=N\NC(=O)C(=O)NCC(C)C. The fraction of sp³-hybridized carbons (Fsp3) is 0.357. The van der Waals surface area contributed by atoms with E-state index in [-0.39, 0.29) is 5.92 Å². The third-order valence-electron chi connectivity index (χ3n) is 2.39. The Morgan fingerprint density at radius 1 is 1.30 bits per heavy atom. The molecule has 6 nitrogen and oxygen atoms in total. The Balaban J connectivity index is 2.51. The number of nitrogens with one attached hydrogen (secondary N) is 2. The van der Waals surface area contributed by atoms with E-state index in [4.69, 9.17) is 4.74 Å². The van der Waals surface area contributed by atoms with E-state index < -0.39 is 11.8 Å². The maximum absolute atomic E-state index is 11.4. The second kappa shape index (κ2) is 7.93. The molecule has 0 fully saturated rings. The van der Waals surface area contributed by atoms with Crippen LogP contribution in [0.4, 0.5) is 0 Å². The number of ether oxygens (including phenoxy) is 1. The van der Waals surface area contributed by atoms with Crippen LogP contribution in [0.15, 0.2) is 29.4 Å². The molecule has 108 valence electrons. The van der Waals surface area contributed by atoms with Gasteiger partial charge in [0.1, 0.15) is 5.75 Å². The van der Waals surface area contributed by atoms with E-state index in [1.807, 2.05) is 26.0 Å². The fourth-order valence-electron chi connectivity index (χ4n) is 1.36. The van der Waals surface area contributed by atoms with Crippen molar-refractivity contribution < 1.29 is 14.3 Å². The largest absolute Gasteiger partial charge is 0.496 e. The van der Waals surface area contributed by atoms with E-state index >= 15 is 0 Å². The number of amides is 2. The zero-order valence-corrected chi connectivity index (χ0v) is 11.8. The van der Waals surface area contributed by atoms with Gasteiger partial charge in [0.05, 0.1) is 13.3 Å². The molecule has 0 saturated heterocycles. The van der Waals surface area contributed by atoms with Crippen LogP contribution < -0.4 is 15.5 Å². The number of benzene rings is 1. The molecular weight excluding hydrogens is 258 g/mol. The van der Waals surface area contributed by atoms with Crippen LogP contribution in [0.25, 0.3) is 0 Å². The predicted molar refractivity (Wildman–Crippen MR) is 76.6 cm³/mol. The maximum atomic E-state index is 11.4. The zero-order valence-electron chi connectivity index (χ0n) is 11.8. The summed E-state index contributed by atoms with van der Waals surface area (Å²) in [4.78, 5) is 22.8. The number of hydrogen-bond acceptors (Lipinski definition) is 4. The maximum Gasteiger partial charge on any atom is 0.329 e. The van der Waals surface area contributed by atoms with Gasteiger partial charge in [-0.3, -0.25) is 9.59 Å². The van der Waals surface area contributed by atoms with Crippen LogP contribution in [0.2, 0.25) is 0 Å². The van der Waals surface area contributed by atoms with Gasteiger partial charge in [0.25, 0.3) is 0 Å². The van der Waals surface area contributed by atoms with Crippen LogP contribution in [-0.2, 0) is 9.59 Å². The van der Waals surface area contributed by atoms with Crippen molar-refractivity contribution in [3.63, 3.8) is 0 Å². The molecule has 0 saturated carbocycles. The van der Waals surface area contributed by atoms with E-state index in [9.17, 15) is 9.59 Å². The van der Waals surface area contributed by atoms with Crippen molar-refractivity contribution in [3.05, 3.63) is 29.8 Å². The Bertz CT molecular complexity index is 498. The monoisotopic (exact) mass is 277 g/mol. The molecule has 6 heteroatoms. The van der Waals surface area contributed by atoms with Gasteiger partial charge in [-0.2, -0.15) is 5.10 Å². The summed E-state index contributed by atoms with van der Waals surface area (Å²) in [5, 5.41) is 6.24. The van der Waals surface area contributed by atoms with E-state index in [0.717, 1.165) is 0 Å². The van der Waals surface area contributed by atoms with Crippen molar-refractivity contribution in [2.75, 3.05) is 13.7 Å². The topological polar surface area (TPSA) is 79.8 Å². The van der Waals surface area contributed by atoms with Crippen LogP contribution >= 0.6 is 0 Å².